The summed E-state index contributed by atoms with van der Waals surface area (Å²) in [5.74, 6) is -0.0551. The Kier molecular flexibility index (Phi) is 7.90. The molecule has 3 aliphatic heterocycles. The summed E-state index contributed by atoms with van der Waals surface area (Å²) in [7, 11) is 0. The van der Waals surface area contributed by atoms with Crippen molar-refractivity contribution in [3.63, 3.8) is 0 Å². The van der Waals surface area contributed by atoms with Crippen LogP contribution in [0.4, 0.5) is 0 Å². The van der Waals surface area contributed by atoms with E-state index in [0.29, 0.717) is 44.3 Å². The number of aryl methyl sites for hydroxylation is 1. The fraction of sp³-hybridized carbons (Fsp3) is 0.692. The minimum Gasteiger partial charge on any atom is -0.352 e. The molecule has 0 bridgehead atoms. The molecule has 0 unspecified atom stereocenters. The number of hydrogen-bond donors (Lipinski definition) is 1. The molecule has 4 heterocycles. The molecule has 1 N–H and O–H groups in total. The van der Waals surface area contributed by atoms with E-state index in [9.17, 15) is 19.2 Å². The Labute approximate surface area is 212 Å². The van der Waals surface area contributed by atoms with E-state index in [1.165, 1.54) is 6.20 Å². The van der Waals surface area contributed by atoms with Crippen molar-refractivity contribution in [2.45, 2.75) is 77.3 Å². The third-order valence-corrected chi connectivity index (χ3v) is 7.95. The third-order valence-electron chi connectivity index (χ3n) is 7.95. The van der Waals surface area contributed by atoms with Crippen LogP contribution in [0.25, 0.3) is 0 Å². The summed E-state index contributed by atoms with van der Waals surface area (Å²) in [5, 5.41) is 2.80. The second kappa shape index (κ2) is 10.9. The molecule has 196 valence electrons. The van der Waals surface area contributed by atoms with Crippen molar-refractivity contribution >= 4 is 23.6 Å². The summed E-state index contributed by atoms with van der Waals surface area (Å²) in [5.41, 5.74) is 0.244. The molecule has 10 nitrogen and oxygen atoms in total. The summed E-state index contributed by atoms with van der Waals surface area (Å²) >= 11 is 0. The second-order valence-corrected chi connectivity index (χ2v) is 10.7. The number of piperazine rings is 1. The minimum atomic E-state index is -0.901. The molecule has 4 rings (SSSR count). The van der Waals surface area contributed by atoms with Crippen LogP contribution in [0.2, 0.25) is 0 Å². The topological polar surface area (TPSA) is 116 Å². The number of rotatable bonds is 5. The fourth-order valence-corrected chi connectivity index (χ4v) is 5.74. The number of carbonyl (C=O) groups excluding carboxylic acids is 4. The van der Waals surface area contributed by atoms with Gasteiger partial charge in [-0.15, -0.1) is 0 Å². The first-order valence-electron chi connectivity index (χ1n) is 13.1. The molecular weight excluding hydrogens is 460 g/mol. The molecule has 0 saturated carbocycles. The van der Waals surface area contributed by atoms with Crippen LogP contribution >= 0.6 is 0 Å². The van der Waals surface area contributed by atoms with Crippen molar-refractivity contribution in [3.8, 4) is 0 Å². The molecule has 1 aromatic heterocycles. The third kappa shape index (κ3) is 5.52. The first-order chi connectivity index (χ1) is 17.2. The van der Waals surface area contributed by atoms with Gasteiger partial charge in [-0.3, -0.25) is 24.2 Å². The van der Waals surface area contributed by atoms with Crippen LogP contribution in [0.3, 0.4) is 0 Å². The van der Waals surface area contributed by atoms with Crippen LogP contribution in [-0.2, 0) is 14.4 Å². The van der Waals surface area contributed by atoms with E-state index in [0.717, 1.165) is 37.8 Å². The number of piperidine rings is 2. The number of nitrogens with one attached hydrogen (secondary N) is 1. The molecule has 36 heavy (non-hydrogen) atoms. The van der Waals surface area contributed by atoms with Gasteiger partial charge in [0.25, 0.3) is 5.91 Å². The molecule has 0 spiro atoms. The Balaban J connectivity index is 1.31. The lowest BCUT2D eigenvalue weighted by atomic mass is 9.83. The van der Waals surface area contributed by atoms with Gasteiger partial charge in [0.05, 0.1) is 11.9 Å². The Morgan fingerprint density at radius 1 is 0.972 bits per heavy atom. The molecule has 0 aliphatic carbocycles. The van der Waals surface area contributed by atoms with Crippen molar-refractivity contribution < 1.29 is 19.2 Å². The Hall–Kier alpha value is -3.04. The van der Waals surface area contributed by atoms with Gasteiger partial charge in [-0.25, -0.2) is 4.98 Å². The van der Waals surface area contributed by atoms with Crippen LogP contribution in [0.5, 0.6) is 0 Å². The van der Waals surface area contributed by atoms with Gasteiger partial charge in [0, 0.05) is 57.8 Å². The lowest BCUT2D eigenvalue weighted by molar-refractivity contribution is -0.150. The monoisotopic (exact) mass is 498 g/mol. The van der Waals surface area contributed by atoms with Crippen LogP contribution in [0, 0.1) is 12.8 Å². The predicted octanol–water partition coefficient (Wildman–Crippen LogP) is 1.54. The highest BCUT2D eigenvalue weighted by Crippen LogP contribution is 2.31. The zero-order chi connectivity index (χ0) is 25.9. The Morgan fingerprint density at radius 3 is 2.39 bits per heavy atom. The molecule has 0 aromatic carbocycles. The number of hydrogen-bond acceptors (Lipinski definition) is 6. The van der Waals surface area contributed by atoms with E-state index in [4.69, 9.17) is 0 Å². The van der Waals surface area contributed by atoms with Gasteiger partial charge in [0.1, 0.15) is 11.2 Å². The van der Waals surface area contributed by atoms with Crippen LogP contribution in [0.1, 0.15) is 75.0 Å². The highest BCUT2D eigenvalue weighted by atomic mass is 16.2. The number of carbonyl (C=O) groups is 4. The quantitative estimate of drug-likeness (QED) is 0.658. The van der Waals surface area contributed by atoms with Gasteiger partial charge in [-0.05, 0) is 58.8 Å². The predicted molar refractivity (Wildman–Crippen MR) is 133 cm³/mol. The summed E-state index contributed by atoms with van der Waals surface area (Å²) in [6, 6.07) is 0.148. The average molecular weight is 499 g/mol. The van der Waals surface area contributed by atoms with Crippen LogP contribution in [0.15, 0.2) is 12.4 Å². The summed E-state index contributed by atoms with van der Waals surface area (Å²) in [6.07, 6.45) is 8.12. The molecule has 3 saturated heterocycles. The minimum absolute atomic E-state index is 0.0146. The maximum atomic E-state index is 13.2. The van der Waals surface area contributed by atoms with Gasteiger partial charge in [0.15, 0.2) is 0 Å². The molecule has 0 radical (unpaired) electrons. The molecule has 1 aromatic rings. The Bertz CT molecular complexity index is 987. The smallest absolute Gasteiger partial charge is 0.274 e. The summed E-state index contributed by atoms with van der Waals surface area (Å²) < 4.78 is 0. The molecular formula is C26H38N6O4. The second-order valence-electron chi connectivity index (χ2n) is 10.7. The zero-order valence-corrected chi connectivity index (χ0v) is 21.7. The highest BCUT2D eigenvalue weighted by Gasteiger charge is 2.41. The lowest BCUT2D eigenvalue weighted by Crippen LogP contribution is -2.63. The lowest BCUT2D eigenvalue weighted by Gasteiger charge is -2.44. The van der Waals surface area contributed by atoms with Crippen molar-refractivity contribution in [1.82, 2.24) is 30.0 Å². The largest absolute Gasteiger partial charge is 0.352 e. The van der Waals surface area contributed by atoms with E-state index in [1.54, 1.807) is 24.9 Å². The van der Waals surface area contributed by atoms with E-state index >= 15 is 0 Å². The molecule has 4 amide bonds. The van der Waals surface area contributed by atoms with Crippen molar-refractivity contribution in [2.75, 3.05) is 32.7 Å². The maximum absolute atomic E-state index is 13.2. The number of nitrogens with zero attached hydrogens (tertiary/aromatic N) is 5. The average Bonchev–Trinajstić information content (AvgIpc) is 2.89. The molecule has 10 heteroatoms. The van der Waals surface area contributed by atoms with E-state index in [-0.39, 0.29) is 42.5 Å². The SMILES string of the molecule is Cc1cnc(C(=O)N2CCC([C@H]3CCCCN3C(=O)CCC(=O)N3CCNC(=O)C3(C)C)CC2)cn1. The Morgan fingerprint density at radius 2 is 1.69 bits per heavy atom. The van der Waals surface area contributed by atoms with Gasteiger partial charge in [-0.2, -0.15) is 0 Å². The van der Waals surface area contributed by atoms with Crippen LogP contribution in [-0.4, -0.2) is 92.6 Å². The van der Waals surface area contributed by atoms with Crippen molar-refractivity contribution in [2.24, 2.45) is 5.92 Å². The highest BCUT2D eigenvalue weighted by molar-refractivity contribution is 5.93. The van der Waals surface area contributed by atoms with E-state index < -0.39 is 5.54 Å². The molecule has 3 aliphatic rings. The van der Waals surface area contributed by atoms with Crippen molar-refractivity contribution in [3.05, 3.63) is 23.8 Å². The normalized spacial score (nSPS) is 22.8. The molecule has 3 fully saturated rings. The number of amides is 4. The van der Waals surface area contributed by atoms with Crippen LogP contribution < -0.4 is 5.32 Å². The van der Waals surface area contributed by atoms with E-state index in [1.807, 2.05) is 16.7 Å². The van der Waals surface area contributed by atoms with Gasteiger partial charge in [0.2, 0.25) is 17.7 Å². The standard InChI is InChI=1S/C26H38N6O4/c1-18-16-29-20(17-28-18)24(35)30-13-9-19(10-14-30)21-6-4-5-12-31(21)22(33)7-8-23(34)32-15-11-27-25(36)26(32,2)3/h16-17,19,21H,4-15H2,1-3H3,(H,27,36)/t21-/m1/s1. The maximum Gasteiger partial charge on any atom is 0.274 e. The summed E-state index contributed by atoms with van der Waals surface area (Å²) in [6.45, 7) is 8.22. The fourth-order valence-electron chi connectivity index (χ4n) is 5.74. The first kappa shape index (κ1) is 26.0. The summed E-state index contributed by atoms with van der Waals surface area (Å²) in [4.78, 5) is 64.9. The number of aromatic nitrogens is 2. The van der Waals surface area contributed by atoms with E-state index in [2.05, 4.69) is 15.3 Å². The first-order valence-corrected chi connectivity index (χ1v) is 13.1. The van der Waals surface area contributed by atoms with Gasteiger partial charge < -0.3 is 20.0 Å². The van der Waals surface area contributed by atoms with Crippen molar-refractivity contribution in [1.29, 1.82) is 0 Å². The number of likely N-dealkylation sites (tertiary alicyclic amines) is 2. The van der Waals surface area contributed by atoms with Gasteiger partial charge in [-0.1, -0.05) is 0 Å². The van der Waals surface area contributed by atoms with Gasteiger partial charge >= 0.3 is 0 Å². The zero-order valence-electron chi connectivity index (χ0n) is 21.7. The molecule has 1 atom stereocenters.